The molecular weight excluding hydrogens is 376 g/mol. The number of ether oxygens (including phenoxy) is 2. The topological polar surface area (TPSA) is 107 Å². The maximum absolute atomic E-state index is 12.9. The fourth-order valence-corrected chi connectivity index (χ4v) is 2.49. The van der Waals surface area contributed by atoms with E-state index >= 15 is 0 Å². The molecule has 10 heteroatoms. The number of rotatable bonds is 7. The van der Waals surface area contributed by atoms with Crippen LogP contribution in [0.5, 0.6) is 11.5 Å². The van der Waals surface area contributed by atoms with E-state index in [-0.39, 0.29) is 17.2 Å². The third kappa shape index (κ3) is 5.14. The molecule has 154 valence electrons. The summed E-state index contributed by atoms with van der Waals surface area (Å²) in [6, 6.07) is -0.213. The van der Waals surface area contributed by atoms with Crippen LogP contribution < -0.4 is 20.1 Å². The first-order chi connectivity index (χ1) is 13.0. The molecule has 8 nitrogen and oxygen atoms in total. The number of methoxy groups -OCH3 is 1. The van der Waals surface area contributed by atoms with E-state index in [2.05, 4.69) is 15.6 Å². The van der Waals surface area contributed by atoms with E-state index in [4.69, 9.17) is 9.47 Å². The Balaban J connectivity index is 2.08. The van der Waals surface area contributed by atoms with Crippen molar-refractivity contribution in [2.24, 2.45) is 5.92 Å². The molecule has 28 heavy (non-hydrogen) atoms. The molecule has 1 saturated carbocycles. The summed E-state index contributed by atoms with van der Waals surface area (Å²) in [6.45, 7) is 4.66. The average Bonchev–Trinajstić information content (AvgIpc) is 2.59. The van der Waals surface area contributed by atoms with Gasteiger partial charge in [-0.15, -0.1) is 0 Å². The summed E-state index contributed by atoms with van der Waals surface area (Å²) in [6.07, 6.45) is 0.444. The van der Waals surface area contributed by atoms with Crippen molar-refractivity contribution in [3.05, 3.63) is 18.0 Å². The summed E-state index contributed by atoms with van der Waals surface area (Å²) in [7, 11) is 1.34. The summed E-state index contributed by atoms with van der Waals surface area (Å²) in [4.78, 5) is 40.5. The lowest BCUT2D eigenvalue weighted by atomic mass is 9.88. The number of hydrogen-bond donors (Lipinski definition) is 2. The summed E-state index contributed by atoms with van der Waals surface area (Å²) >= 11 is 0. The fraction of sp³-hybridized carbons (Fsp3) is 0.556. The molecule has 0 unspecified atom stereocenters. The van der Waals surface area contributed by atoms with Crippen LogP contribution in [0, 0.1) is 5.92 Å². The predicted molar refractivity (Wildman–Crippen MR) is 94.3 cm³/mol. The van der Waals surface area contributed by atoms with Crippen molar-refractivity contribution in [3.63, 3.8) is 0 Å². The van der Waals surface area contributed by atoms with Gasteiger partial charge >= 0.3 is 5.97 Å². The molecule has 1 fully saturated rings. The number of hydrogen-bond acceptors (Lipinski definition) is 6. The Labute approximate surface area is 161 Å². The molecule has 1 aliphatic carbocycles. The molecule has 0 bridgehead atoms. The number of alkyl halides is 2. The van der Waals surface area contributed by atoms with Crippen molar-refractivity contribution in [3.8, 4) is 11.5 Å². The largest absolute Gasteiger partial charge is 0.493 e. The lowest BCUT2D eigenvalue weighted by Gasteiger charge is -2.35. The molecule has 0 spiro atoms. The van der Waals surface area contributed by atoms with E-state index in [1.54, 1.807) is 13.8 Å². The maximum atomic E-state index is 12.9. The minimum absolute atomic E-state index is 0.128. The van der Waals surface area contributed by atoms with Gasteiger partial charge < -0.3 is 20.1 Å². The van der Waals surface area contributed by atoms with Crippen LogP contribution in [0.1, 0.15) is 44.1 Å². The van der Waals surface area contributed by atoms with Crippen LogP contribution >= 0.6 is 0 Å². The number of nitrogens with one attached hydrogen (secondary N) is 2. The number of pyridine rings is 1. The van der Waals surface area contributed by atoms with Crippen LogP contribution in [0.3, 0.4) is 0 Å². The highest BCUT2D eigenvalue weighted by atomic mass is 19.3. The molecule has 2 rings (SSSR count). The predicted octanol–water partition coefficient (Wildman–Crippen LogP) is 1.68. The van der Waals surface area contributed by atoms with E-state index in [1.165, 1.54) is 26.3 Å². The standard InChI is InChI=1S/C18H23F2N3O5/c1-9(2)17(26)28-14-12(27-4)5-6-21-13(14)16(25)22-10(3)15(24)23-11-7-18(19,20)8-11/h5-6,9-11H,7-8H2,1-4H3,(H,22,25)(H,23,24)/t10-/m0/s1. The van der Waals surface area contributed by atoms with Crippen LogP contribution in [0.15, 0.2) is 12.3 Å². The summed E-state index contributed by atoms with van der Waals surface area (Å²) < 4.78 is 36.1. The van der Waals surface area contributed by atoms with Gasteiger partial charge in [0.15, 0.2) is 11.4 Å². The van der Waals surface area contributed by atoms with Crippen LogP contribution in [0.2, 0.25) is 0 Å². The quantitative estimate of drug-likeness (QED) is 0.676. The van der Waals surface area contributed by atoms with Gasteiger partial charge in [-0.25, -0.2) is 13.8 Å². The van der Waals surface area contributed by atoms with Gasteiger partial charge in [-0.3, -0.25) is 14.4 Å². The number of esters is 1. The monoisotopic (exact) mass is 399 g/mol. The number of carbonyl (C=O) groups is 3. The highest BCUT2D eigenvalue weighted by Crippen LogP contribution is 2.37. The first-order valence-electron chi connectivity index (χ1n) is 8.78. The molecule has 1 aromatic rings. The number of nitrogens with zero attached hydrogens (tertiary/aromatic N) is 1. The molecule has 1 heterocycles. The zero-order valence-electron chi connectivity index (χ0n) is 16.0. The minimum atomic E-state index is -2.76. The van der Waals surface area contributed by atoms with Crippen molar-refractivity contribution in [2.45, 2.75) is 51.6 Å². The van der Waals surface area contributed by atoms with Crippen LogP contribution in [-0.2, 0) is 9.59 Å². The molecule has 0 radical (unpaired) electrons. The molecule has 1 aliphatic rings. The van der Waals surface area contributed by atoms with E-state index in [1.807, 2.05) is 0 Å². The Morgan fingerprint density at radius 2 is 1.89 bits per heavy atom. The first-order valence-corrected chi connectivity index (χ1v) is 8.78. The third-order valence-electron chi connectivity index (χ3n) is 4.15. The van der Waals surface area contributed by atoms with Crippen LogP contribution in [0.4, 0.5) is 8.78 Å². The number of amides is 2. The van der Waals surface area contributed by atoms with Gasteiger partial charge in [0.05, 0.1) is 13.0 Å². The van der Waals surface area contributed by atoms with E-state index in [0.717, 1.165) is 0 Å². The van der Waals surface area contributed by atoms with Crippen molar-refractivity contribution in [1.82, 2.24) is 15.6 Å². The van der Waals surface area contributed by atoms with Crippen molar-refractivity contribution >= 4 is 17.8 Å². The second-order valence-electron chi connectivity index (χ2n) is 6.93. The van der Waals surface area contributed by atoms with Gasteiger partial charge in [0.25, 0.3) is 11.8 Å². The van der Waals surface area contributed by atoms with Gasteiger partial charge in [-0.05, 0) is 6.92 Å². The maximum Gasteiger partial charge on any atom is 0.313 e. The van der Waals surface area contributed by atoms with Gasteiger partial charge in [0, 0.05) is 31.1 Å². The van der Waals surface area contributed by atoms with Crippen molar-refractivity contribution in [1.29, 1.82) is 0 Å². The molecule has 0 saturated heterocycles. The Hall–Kier alpha value is -2.78. The van der Waals surface area contributed by atoms with Crippen molar-refractivity contribution < 1.29 is 32.6 Å². The number of carbonyl (C=O) groups excluding carboxylic acids is 3. The van der Waals surface area contributed by atoms with Gasteiger partial charge in [-0.1, -0.05) is 13.8 Å². The minimum Gasteiger partial charge on any atom is -0.493 e. The van der Waals surface area contributed by atoms with Gasteiger partial charge in [0.1, 0.15) is 6.04 Å². The van der Waals surface area contributed by atoms with Gasteiger partial charge in [0.2, 0.25) is 11.7 Å². The highest BCUT2D eigenvalue weighted by molar-refractivity contribution is 5.99. The number of aromatic nitrogens is 1. The smallest absolute Gasteiger partial charge is 0.313 e. The van der Waals surface area contributed by atoms with E-state index in [0.29, 0.717) is 0 Å². The summed E-state index contributed by atoms with van der Waals surface area (Å²) in [5.41, 5.74) is -0.233. The zero-order valence-corrected chi connectivity index (χ0v) is 16.0. The van der Waals surface area contributed by atoms with Crippen LogP contribution in [-0.4, -0.2) is 47.9 Å². The second-order valence-corrected chi connectivity index (χ2v) is 6.93. The molecule has 0 aliphatic heterocycles. The SMILES string of the molecule is COc1ccnc(C(=O)N[C@@H](C)C(=O)NC2CC(F)(F)C2)c1OC(=O)C(C)C. The Morgan fingerprint density at radius 3 is 2.43 bits per heavy atom. The zero-order chi connectivity index (χ0) is 21.1. The Morgan fingerprint density at radius 1 is 1.25 bits per heavy atom. The molecular formula is C18H23F2N3O5. The highest BCUT2D eigenvalue weighted by Gasteiger charge is 2.46. The Bertz CT molecular complexity index is 762. The van der Waals surface area contributed by atoms with E-state index in [9.17, 15) is 23.2 Å². The van der Waals surface area contributed by atoms with E-state index < -0.39 is 54.5 Å². The summed E-state index contributed by atoms with van der Waals surface area (Å²) in [5.74, 6) is -5.20. The van der Waals surface area contributed by atoms with Crippen LogP contribution in [0.25, 0.3) is 0 Å². The van der Waals surface area contributed by atoms with Gasteiger partial charge in [-0.2, -0.15) is 0 Å². The lowest BCUT2D eigenvalue weighted by molar-refractivity contribution is -0.138. The second kappa shape index (κ2) is 8.49. The molecule has 2 amide bonds. The third-order valence-corrected chi connectivity index (χ3v) is 4.15. The average molecular weight is 399 g/mol. The number of halogens is 2. The summed E-state index contributed by atoms with van der Waals surface area (Å²) in [5, 5.41) is 4.87. The lowest BCUT2D eigenvalue weighted by Crippen LogP contribution is -2.55. The Kier molecular flexibility index (Phi) is 6.52. The first kappa shape index (κ1) is 21.5. The molecule has 0 aromatic carbocycles. The fourth-order valence-electron chi connectivity index (χ4n) is 2.49. The molecule has 1 aromatic heterocycles. The van der Waals surface area contributed by atoms with Crippen molar-refractivity contribution in [2.75, 3.05) is 7.11 Å². The molecule has 1 atom stereocenters. The normalized spacial score (nSPS) is 16.7. The molecule has 2 N–H and O–H groups in total.